The molecule has 4 aromatic carbocycles. The molecule has 148 valence electrons. The molecule has 0 aliphatic carbocycles. The fraction of sp³-hybridized carbons (Fsp3) is 0. The molecule has 6 rings (SSSR count). The molecule has 5 heteroatoms. The normalized spacial score (nSPS) is 12.5. The monoisotopic (exact) mass is 402 g/mol. The highest BCUT2D eigenvalue weighted by Gasteiger charge is 2.24. The second-order valence-corrected chi connectivity index (χ2v) is 7.47. The van der Waals surface area contributed by atoms with Gasteiger partial charge in [-0.1, -0.05) is 72.8 Å². The van der Waals surface area contributed by atoms with E-state index in [1.54, 1.807) is 4.68 Å². The summed E-state index contributed by atoms with van der Waals surface area (Å²) in [6.07, 6.45) is 0. The average molecular weight is 402 g/mol. The standard InChI is InChI=1S/C26H18N4O/c31-26-23(25-27-20-15-7-11-17-12-8-16-21(28-25)22(17)20)24(18-9-3-1-4-10-18)29-30(26)19-13-5-2-6-14-19/h1-16,29H,(H,27,28). The lowest BCUT2D eigenvalue weighted by atomic mass is 10.0. The predicted octanol–water partition coefficient (Wildman–Crippen LogP) is 5.49. The van der Waals surface area contributed by atoms with E-state index in [9.17, 15) is 4.79 Å². The van der Waals surface area contributed by atoms with Gasteiger partial charge in [0.15, 0.2) is 0 Å². The summed E-state index contributed by atoms with van der Waals surface area (Å²) in [6.45, 7) is 0. The van der Waals surface area contributed by atoms with Crippen LogP contribution in [0.2, 0.25) is 0 Å². The van der Waals surface area contributed by atoms with Crippen molar-refractivity contribution in [2.45, 2.75) is 0 Å². The number of aromatic amines is 1. The zero-order chi connectivity index (χ0) is 20.8. The van der Waals surface area contributed by atoms with Crippen LogP contribution < -0.4 is 10.9 Å². The van der Waals surface area contributed by atoms with Crippen LogP contribution in [0.3, 0.4) is 0 Å². The molecule has 0 radical (unpaired) electrons. The van der Waals surface area contributed by atoms with E-state index in [1.165, 1.54) is 0 Å². The molecule has 0 fully saturated rings. The lowest BCUT2D eigenvalue weighted by molar-refractivity contribution is 0.852. The van der Waals surface area contributed by atoms with Crippen LogP contribution in [0.1, 0.15) is 5.56 Å². The lowest BCUT2D eigenvalue weighted by Crippen LogP contribution is -2.26. The Labute approximate surface area is 178 Å². The number of hydrogen-bond acceptors (Lipinski definition) is 3. The van der Waals surface area contributed by atoms with Gasteiger partial charge in [0.1, 0.15) is 11.4 Å². The third kappa shape index (κ3) is 2.79. The van der Waals surface area contributed by atoms with Gasteiger partial charge in [0.2, 0.25) is 0 Å². The van der Waals surface area contributed by atoms with Crippen LogP contribution in [0.4, 0.5) is 11.4 Å². The molecule has 0 saturated heterocycles. The van der Waals surface area contributed by atoms with Crippen molar-refractivity contribution in [1.29, 1.82) is 0 Å². The second kappa shape index (κ2) is 6.85. The number of anilines is 1. The topological polar surface area (TPSA) is 62.2 Å². The van der Waals surface area contributed by atoms with Gasteiger partial charge in [-0.15, -0.1) is 0 Å². The molecule has 31 heavy (non-hydrogen) atoms. The molecule has 0 amide bonds. The molecular weight excluding hydrogens is 384 g/mol. The quantitative estimate of drug-likeness (QED) is 0.419. The number of nitrogens with zero attached hydrogens (tertiary/aromatic N) is 2. The van der Waals surface area contributed by atoms with Gasteiger partial charge < -0.3 is 5.32 Å². The third-order valence-electron chi connectivity index (χ3n) is 5.57. The first-order chi connectivity index (χ1) is 15.3. The minimum atomic E-state index is -0.150. The third-order valence-corrected chi connectivity index (χ3v) is 5.57. The lowest BCUT2D eigenvalue weighted by Gasteiger charge is -2.18. The molecule has 2 N–H and O–H groups in total. The first kappa shape index (κ1) is 17.5. The molecule has 2 heterocycles. The minimum Gasteiger partial charge on any atom is -0.339 e. The second-order valence-electron chi connectivity index (χ2n) is 7.47. The molecule has 0 spiro atoms. The summed E-state index contributed by atoms with van der Waals surface area (Å²) in [5.74, 6) is 0.543. The average Bonchev–Trinajstić information content (AvgIpc) is 3.17. The van der Waals surface area contributed by atoms with Crippen LogP contribution in [0.5, 0.6) is 0 Å². The number of H-pyrrole nitrogens is 1. The number of amidine groups is 1. The van der Waals surface area contributed by atoms with Gasteiger partial charge in [0.05, 0.1) is 17.1 Å². The molecule has 0 saturated carbocycles. The molecule has 5 nitrogen and oxygen atoms in total. The van der Waals surface area contributed by atoms with Crippen molar-refractivity contribution in [1.82, 2.24) is 9.78 Å². The van der Waals surface area contributed by atoms with Crippen LogP contribution in [-0.4, -0.2) is 15.6 Å². The van der Waals surface area contributed by atoms with E-state index in [2.05, 4.69) is 22.5 Å². The number of hydrogen-bond donors (Lipinski definition) is 2. The number of benzene rings is 4. The first-order valence-electron chi connectivity index (χ1n) is 10.1. The molecule has 0 atom stereocenters. The van der Waals surface area contributed by atoms with Crippen molar-refractivity contribution in [2.75, 3.05) is 5.32 Å². The Hall–Kier alpha value is -4.38. The number of rotatable bonds is 3. The molecular formula is C26H18N4O. The first-order valence-corrected chi connectivity index (χ1v) is 10.1. The molecule has 1 aliphatic heterocycles. The highest BCUT2D eigenvalue weighted by Crippen LogP contribution is 2.37. The Bertz CT molecular complexity index is 1510. The van der Waals surface area contributed by atoms with Crippen molar-refractivity contribution in [3.05, 3.63) is 113 Å². The van der Waals surface area contributed by atoms with E-state index >= 15 is 0 Å². The Morgan fingerprint density at radius 1 is 0.742 bits per heavy atom. The van der Waals surface area contributed by atoms with Gasteiger partial charge in [-0.3, -0.25) is 9.89 Å². The van der Waals surface area contributed by atoms with Crippen molar-refractivity contribution in [2.24, 2.45) is 4.99 Å². The maximum atomic E-state index is 13.6. The molecule has 1 aromatic heterocycles. The van der Waals surface area contributed by atoms with Gasteiger partial charge in [-0.05, 0) is 29.7 Å². The van der Waals surface area contributed by atoms with Crippen LogP contribution >= 0.6 is 0 Å². The molecule has 5 aromatic rings. The van der Waals surface area contributed by atoms with Gasteiger partial charge in [-0.25, -0.2) is 9.67 Å². The summed E-state index contributed by atoms with van der Waals surface area (Å²) in [5, 5.41) is 8.90. The van der Waals surface area contributed by atoms with Crippen LogP contribution in [-0.2, 0) is 0 Å². The number of para-hydroxylation sites is 1. The highest BCUT2D eigenvalue weighted by molar-refractivity contribution is 6.20. The van der Waals surface area contributed by atoms with Crippen LogP contribution in [0.15, 0.2) is 107 Å². The van der Waals surface area contributed by atoms with Gasteiger partial charge in [0, 0.05) is 16.6 Å². The maximum absolute atomic E-state index is 13.6. The highest BCUT2D eigenvalue weighted by atomic mass is 16.1. The number of nitrogens with one attached hydrogen (secondary N) is 2. The smallest absolute Gasteiger partial charge is 0.282 e. The van der Waals surface area contributed by atoms with E-state index in [-0.39, 0.29) is 5.56 Å². The van der Waals surface area contributed by atoms with E-state index in [0.717, 1.165) is 39.1 Å². The Morgan fingerprint density at radius 3 is 2.23 bits per heavy atom. The zero-order valence-electron chi connectivity index (χ0n) is 16.5. The predicted molar refractivity (Wildman–Crippen MR) is 126 cm³/mol. The molecule has 1 aliphatic rings. The van der Waals surface area contributed by atoms with Crippen molar-refractivity contribution in [3.63, 3.8) is 0 Å². The zero-order valence-corrected chi connectivity index (χ0v) is 16.5. The largest absolute Gasteiger partial charge is 0.339 e. The SMILES string of the molecule is O=c1c(C2=Nc3cccc4cccc(c34)N2)c(-c2ccccc2)[nH]n1-c1ccccc1. The van der Waals surface area contributed by atoms with Crippen LogP contribution in [0, 0.1) is 0 Å². The van der Waals surface area contributed by atoms with Gasteiger partial charge >= 0.3 is 0 Å². The minimum absolute atomic E-state index is 0.150. The van der Waals surface area contributed by atoms with Gasteiger partial charge in [-0.2, -0.15) is 0 Å². The van der Waals surface area contributed by atoms with Crippen LogP contribution in [0.25, 0.3) is 27.7 Å². The number of aromatic nitrogens is 2. The summed E-state index contributed by atoms with van der Waals surface area (Å²) in [6, 6.07) is 31.6. The number of aliphatic imine (C=N–C) groups is 1. The van der Waals surface area contributed by atoms with Crippen molar-refractivity contribution >= 4 is 28.0 Å². The van der Waals surface area contributed by atoms with E-state index < -0.39 is 0 Å². The Morgan fingerprint density at radius 2 is 1.45 bits per heavy atom. The van der Waals surface area contributed by atoms with Crippen molar-refractivity contribution < 1.29 is 0 Å². The van der Waals surface area contributed by atoms with Gasteiger partial charge in [0.25, 0.3) is 5.56 Å². The summed E-state index contributed by atoms with van der Waals surface area (Å²) in [5.41, 5.74) is 4.59. The summed E-state index contributed by atoms with van der Waals surface area (Å²) in [7, 11) is 0. The molecule has 0 unspecified atom stereocenters. The summed E-state index contributed by atoms with van der Waals surface area (Å²) >= 11 is 0. The van der Waals surface area contributed by atoms with E-state index in [0.29, 0.717) is 11.4 Å². The Balaban J connectivity index is 1.62. The fourth-order valence-corrected chi connectivity index (χ4v) is 4.14. The van der Waals surface area contributed by atoms with E-state index in [1.807, 2.05) is 84.9 Å². The van der Waals surface area contributed by atoms with Crippen molar-refractivity contribution in [3.8, 4) is 16.9 Å². The Kier molecular flexibility index (Phi) is 3.86. The molecule has 0 bridgehead atoms. The summed E-state index contributed by atoms with van der Waals surface area (Å²) in [4.78, 5) is 18.5. The maximum Gasteiger partial charge on any atom is 0.282 e. The van der Waals surface area contributed by atoms with E-state index in [4.69, 9.17) is 4.99 Å². The summed E-state index contributed by atoms with van der Waals surface area (Å²) < 4.78 is 1.57. The fourth-order valence-electron chi connectivity index (χ4n) is 4.14.